The van der Waals surface area contributed by atoms with Gasteiger partial charge in [0.1, 0.15) is 0 Å². The smallest absolute Gasteiger partial charge is 0.263 e. The van der Waals surface area contributed by atoms with E-state index < -0.39 is 0 Å². The zero-order chi connectivity index (χ0) is 13.2. The first-order chi connectivity index (χ1) is 9.25. The van der Waals surface area contributed by atoms with Gasteiger partial charge in [0.25, 0.3) is 5.91 Å². The van der Waals surface area contributed by atoms with Crippen molar-refractivity contribution in [3.63, 3.8) is 0 Å². The van der Waals surface area contributed by atoms with Crippen LogP contribution in [0.3, 0.4) is 0 Å². The van der Waals surface area contributed by atoms with Gasteiger partial charge in [0.2, 0.25) is 0 Å². The number of nitrogens with one attached hydrogen (secondary N) is 1. The van der Waals surface area contributed by atoms with Gasteiger partial charge in [-0.2, -0.15) is 0 Å². The van der Waals surface area contributed by atoms with Crippen LogP contribution in [0.5, 0.6) is 0 Å². The van der Waals surface area contributed by atoms with Crippen LogP contribution >= 0.6 is 11.3 Å². The van der Waals surface area contributed by atoms with Gasteiger partial charge in [-0.1, -0.05) is 18.2 Å². The average molecular weight is 274 g/mol. The molecule has 1 amide bonds. The van der Waals surface area contributed by atoms with Crippen LogP contribution in [-0.2, 0) is 0 Å². The Morgan fingerprint density at radius 2 is 2.05 bits per heavy atom. The van der Waals surface area contributed by atoms with Crippen LogP contribution in [0.1, 0.15) is 22.5 Å². The molecule has 0 atom stereocenters. The summed E-state index contributed by atoms with van der Waals surface area (Å²) in [5.41, 5.74) is 0. The summed E-state index contributed by atoms with van der Waals surface area (Å²) >= 11 is 1.59. The number of piperidine rings is 1. The summed E-state index contributed by atoms with van der Waals surface area (Å²) in [4.78, 5) is 15.3. The second-order valence-electron chi connectivity index (χ2n) is 5.05. The molecule has 1 aliphatic rings. The van der Waals surface area contributed by atoms with Crippen molar-refractivity contribution in [2.75, 3.05) is 20.1 Å². The van der Waals surface area contributed by atoms with Gasteiger partial charge < -0.3 is 10.2 Å². The summed E-state index contributed by atoms with van der Waals surface area (Å²) in [7, 11) is 1.93. The fraction of sp³-hybridized carbons (Fsp3) is 0.400. The van der Waals surface area contributed by atoms with E-state index in [1.807, 2.05) is 30.1 Å². The number of hydrogen-bond acceptors (Lipinski definition) is 3. The number of benzene rings is 1. The summed E-state index contributed by atoms with van der Waals surface area (Å²) in [5, 5.41) is 4.50. The van der Waals surface area contributed by atoms with Crippen molar-refractivity contribution in [3.8, 4) is 0 Å². The summed E-state index contributed by atoms with van der Waals surface area (Å²) in [6, 6.07) is 10.6. The van der Waals surface area contributed by atoms with Crippen molar-refractivity contribution < 1.29 is 4.79 Å². The SMILES string of the molecule is CN(C(=O)c1cc2ccccc2s1)C1CCNCC1. The molecule has 1 fully saturated rings. The Bertz CT molecular complexity index is 554. The average Bonchev–Trinajstić information content (AvgIpc) is 2.90. The number of thiophene rings is 1. The highest BCUT2D eigenvalue weighted by molar-refractivity contribution is 7.20. The van der Waals surface area contributed by atoms with Crippen LogP contribution in [0.25, 0.3) is 10.1 Å². The molecule has 1 aliphatic heterocycles. The normalized spacial score (nSPS) is 16.7. The largest absolute Gasteiger partial charge is 0.338 e. The molecule has 0 aliphatic carbocycles. The molecule has 2 aromatic rings. The number of carbonyl (C=O) groups is 1. The lowest BCUT2D eigenvalue weighted by molar-refractivity contribution is 0.0708. The first-order valence-corrected chi connectivity index (χ1v) is 7.54. The maximum atomic E-state index is 12.5. The molecule has 19 heavy (non-hydrogen) atoms. The molecule has 100 valence electrons. The van der Waals surface area contributed by atoms with Crippen LogP contribution < -0.4 is 5.32 Å². The molecular weight excluding hydrogens is 256 g/mol. The monoisotopic (exact) mass is 274 g/mol. The van der Waals surface area contributed by atoms with E-state index in [2.05, 4.69) is 17.4 Å². The third-order valence-electron chi connectivity index (χ3n) is 3.81. The number of hydrogen-bond donors (Lipinski definition) is 1. The molecular formula is C15H18N2OS. The fourth-order valence-corrected chi connectivity index (χ4v) is 3.67. The zero-order valence-corrected chi connectivity index (χ0v) is 11.9. The summed E-state index contributed by atoms with van der Waals surface area (Å²) in [6.45, 7) is 2.02. The van der Waals surface area contributed by atoms with E-state index in [1.165, 1.54) is 4.70 Å². The maximum absolute atomic E-state index is 12.5. The van der Waals surface area contributed by atoms with Crippen LogP contribution in [0.4, 0.5) is 0 Å². The van der Waals surface area contributed by atoms with Crippen LogP contribution in [0, 0.1) is 0 Å². The van der Waals surface area contributed by atoms with Crippen molar-refractivity contribution in [3.05, 3.63) is 35.2 Å². The second-order valence-corrected chi connectivity index (χ2v) is 6.13. The van der Waals surface area contributed by atoms with E-state index >= 15 is 0 Å². The summed E-state index contributed by atoms with van der Waals surface area (Å²) in [5.74, 6) is 0.160. The quantitative estimate of drug-likeness (QED) is 0.913. The Hall–Kier alpha value is -1.39. The van der Waals surface area contributed by atoms with Gasteiger partial charge in [0.15, 0.2) is 0 Å². The molecule has 0 saturated carbocycles. The maximum Gasteiger partial charge on any atom is 0.263 e. The molecule has 0 radical (unpaired) electrons. The number of fused-ring (bicyclic) bond motifs is 1. The molecule has 0 unspecified atom stereocenters. The second kappa shape index (κ2) is 5.31. The molecule has 1 saturated heterocycles. The third-order valence-corrected chi connectivity index (χ3v) is 4.92. The molecule has 0 bridgehead atoms. The molecule has 1 N–H and O–H groups in total. The minimum Gasteiger partial charge on any atom is -0.338 e. The predicted octanol–water partition coefficient (Wildman–Crippen LogP) is 2.73. The topological polar surface area (TPSA) is 32.3 Å². The van der Waals surface area contributed by atoms with Crippen molar-refractivity contribution in [1.29, 1.82) is 0 Å². The van der Waals surface area contributed by atoms with Crippen molar-refractivity contribution in [1.82, 2.24) is 10.2 Å². The Balaban J connectivity index is 1.82. The molecule has 0 spiro atoms. The fourth-order valence-electron chi connectivity index (χ4n) is 2.62. The molecule has 1 aromatic carbocycles. The Morgan fingerprint density at radius 3 is 2.79 bits per heavy atom. The lowest BCUT2D eigenvalue weighted by Crippen LogP contribution is -2.43. The van der Waals surface area contributed by atoms with Crippen molar-refractivity contribution >= 4 is 27.3 Å². The first-order valence-electron chi connectivity index (χ1n) is 6.72. The molecule has 2 heterocycles. The molecule has 1 aromatic heterocycles. The Kier molecular flexibility index (Phi) is 3.53. The lowest BCUT2D eigenvalue weighted by atomic mass is 10.1. The van der Waals surface area contributed by atoms with E-state index in [9.17, 15) is 4.79 Å². The van der Waals surface area contributed by atoms with E-state index in [1.54, 1.807) is 11.3 Å². The highest BCUT2D eigenvalue weighted by atomic mass is 32.1. The Morgan fingerprint density at radius 1 is 1.32 bits per heavy atom. The molecule has 3 rings (SSSR count). The van der Waals surface area contributed by atoms with Gasteiger partial charge in [0.05, 0.1) is 4.88 Å². The highest BCUT2D eigenvalue weighted by Crippen LogP contribution is 2.27. The van der Waals surface area contributed by atoms with Gasteiger partial charge in [0, 0.05) is 17.8 Å². The Labute approximate surface area is 117 Å². The first kappa shape index (κ1) is 12.6. The number of carbonyl (C=O) groups excluding carboxylic acids is 1. The van der Waals surface area contributed by atoms with Gasteiger partial charge in [-0.25, -0.2) is 0 Å². The summed E-state index contributed by atoms with van der Waals surface area (Å²) < 4.78 is 1.18. The number of rotatable bonds is 2. The van der Waals surface area contributed by atoms with Gasteiger partial charge in [-0.15, -0.1) is 11.3 Å². The van der Waals surface area contributed by atoms with Crippen molar-refractivity contribution in [2.45, 2.75) is 18.9 Å². The number of nitrogens with zero attached hydrogens (tertiary/aromatic N) is 1. The van der Waals surface area contributed by atoms with Gasteiger partial charge in [-0.3, -0.25) is 4.79 Å². The minimum absolute atomic E-state index is 0.160. The van der Waals surface area contributed by atoms with Crippen LogP contribution in [0.15, 0.2) is 30.3 Å². The molecule has 3 nitrogen and oxygen atoms in total. The van der Waals surface area contributed by atoms with Gasteiger partial charge >= 0.3 is 0 Å². The van der Waals surface area contributed by atoms with Crippen LogP contribution in [0.2, 0.25) is 0 Å². The zero-order valence-electron chi connectivity index (χ0n) is 11.1. The lowest BCUT2D eigenvalue weighted by Gasteiger charge is -2.31. The number of amides is 1. The van der Waals surface area contributed by atoms with Crippen molar-refractivity contribution in [2.24, 2.45) is 0 Å². The van der Waals surface area contributed by atoms with E-state index in [0.717, 1.165) is 36.2 Å². The molecule has 4 heteroatoms. The van der Waals surface area contributed by atoms with E-state index in [0.29, 0.717) is 6.04 Å². The van der Waals surface area contributed by atoms with Gasteiger partial charge in [-0.05, 0) is 43.5 Å². The standard InChI is InChI=1S/C15H18N2OS/c1-17(12-6-8-16-9-7-12)15(18)14-10-11-4-2-3-5-13(11)19-14/h2-5,10,12,16H,6-9H2,1H3. The summed E-state index contributed by atoms with van der Waals surface area (Å²) in [6.07, 6.45) is 2.10. The minimum atomic E-state index is 0.160. The van der Waals surface area contributed by atoms with E-state index in [4.69, 9.17) is 0 Å². The highest BCUT2D eigenvalue weighted by Gasteiger charge is 2.23. The third kappa shape index (κ3) is 2.51. The van der Waals surface area contributed by atoms with Crippen LogP contribution in [-0.4, -0.2) is 37.0 Å². The van der Waals surface area contributed by atoms with E-state index in [-0.39, 0.29) is 5.91 Å². The predicted molar refractivity (Wildman–Crippen MR) is 79.8 cm³/mol.